The fourth-order valence-electron chi connectivity index (χ4n) is 3.54. The Labute approximate surface area is 158 Å². The van der Waals surface area contributed by atoms with E-state index in [1.807, 2.05) is 24.3 Å². The van der Waals surface area contributed by atoms with Gasteiger partial charge in [0.2, 0.25) is 0 Å². The van der Waals surface area contributed by atoms with E-state index in [0.29, 0.717) is 16.7 Å². The van der Waals surface area contributed by atoms with Gasteiger partial charge in [0.25, 0.3) is 5.69 Å². The summed E-state index contributed by atoms with van der Waals surface area (Å²) >= 11 is 6.33. The van der Waals surface area contributed by atoms with Gasteiger partial charge in [-0.05, 0) is 29.8 Å². The third-order valence-corrected chi connectivity index (χ3v) is 5.04. The number of rotatable bonds is 2. The Morgan fingerprint density at radius 3 is 2.67 bits per heavy atom. The summed E-state index contributed by atoms with van der Waals surface area (Å²) in [6.45, 7) is 0. The summed E-state index contributed by atoms with van der Waals surface area (Å²) in [5.74, 6) is 0.685. The molecule has 1 aliphatic heterocycles. The summed E-state index contributed by atoms with van der Waals surface area (Å²) in [5, 5.41) is 15.8. The van der Waals surface area contributed by atoms with Crippen LogP contribution in [0.5, 0.6) is 0 Å². The number of nitro groups is 1. The number of benzene rings is 2. The molecule has 132 valence electrons. The molecule has 4 aromatic rings. The van der Waals surface area contributed by atoms with Gasteiger partial charge < -0.3 is 5.32 Å². The largest absolute Gasteiger partial charge is 0.367 e. The molecule has 0 saturated heterocycles. The van der Waals surface area contributed by atoms with E-state index in [1.165, 1.54) is 18.5 Å². The summed E-state index contributed by atoms with van der Waals surface area (Å²) in [6.07, 6.45) is 1.44. The predicted octanol–water partition coefficient (Wildman–Crippen LogP) is 4.50. The second-order valence-corrected chi connectivity index (χ2v) is 6.61. The highest BCUT2D eigenvalue weighted by Crippen LogP contribution is 2.41. The first-order valence-electron chi connectivity index (χ1n) is 8.25. The zero-order valence-electron chi connectivity index (χ0n) is 13.8. The molecule has 0 radical (unpaired) electrons. The Bertz CT molecular complexity index is 1200. The van der Waals surface area contributed by atoms with E-state index in [0.717, 1.165) is 22.2 Å². The van der Waals surface area contributed by atoms with E-state index in [2.05, 4.69) is 25.9 Å². The van der Waals surface area contributed by atoms with Crippen LogP contribution < -0.4 is 5.32 Å². The van der Waals surface area contributed by atoms with Gasteiger partial charge in [-0.2, -0.15) is 0 Å². The van der Waals surface area contributed by atoms with Crippen molar-refractivity contribution >= 4 is 33.9 Å². The van der Waals surface area contributed by atoms with Crippen molar-refractivity contribution in [1.29, 1.82) is 0 Å². The van der Waals surface area contributed by atoms with Crippen molar-refractivity contribution in [3.8, 4) is 5.82 Å². The first-order chi connectivity index (χ1) is 13.1. The standard InChI is InChI=1S/C19H12ClN5O2/c20-18-17-19(22-10-21-18)24-14-4-2-1-3-12(14)9-15(24)16(23-17)11-5-7-13(8-6-11)25(26)27/h1-10,16,23H. The van der Waals surface area contributed by atoms with Gasteiger partial charge in [0, 0.05) is 17.5 Å². The second kappa shape index (κ2) is 5.78. The zero-order chi connectivity index (χ0) is 18.5. The minimum atomic E-state index is -0.408. The smallest absolute Gasteiger partial charge is 0.269 e. The summed E-state index contributed by atoms with van der Waals surface area (Å²) in [4.78, 5) is 19.1. The number of halogens is 1. The van der Waals surface area contributed by atoms with Crippen LogP contribution >= 0.6 is 11.6 Å². The lowest BCUT2D eigenvalue weighted by atomic mass is 10.0. The lowest BCUT2D eigenvalue weighted by molar-refractivity contribution is -0.384. The Kier molecular flexibility index (Phi) is 3.38. The molecule has 0 saturated carbocycles. The molecule has 2 aromatic heterocycles. The highest BCUT2D eigenvalue weighted by atomic mass is 35.5. The van der Waals surface area contributed by atoms with E-state index in [1.54, 1.807) is 12.1 Å². The number of nitrogens with one attached hydrogen (secondary N) is 1. The maximum Gasteiger partial charge on any atom is 0.269 e. The quantitative estimate of drug-likeness (QED) is 0.316. The molecule has 1 aliphatic rings. The van der Waals surface area contributed by atoms with Crippen molar-refractivity contribution in [2.24, 2.45) is 0 Å². The van der Waals surface area contributed by atoms with Crippen LogP contribution in [0.25, 0.3) is 16.7 Å². The summed E-state index contributed by atoms with van der Waals surface area (Å²) in [6, 6.07) is 16.4. The number of hydrogen-bond acceptors (Lipinski definition) is 5. The third kappa shape index (κ3) is 2.36. The van der Waals surface area contributed by atoms with E-state index in [4.69, 9.17) is 11.6 Å². The molecular formula is C19H12ClN5O2. The average Bonchev–Trinajstić information content (AvgIpc) is 3.08. The van der Waals surface area contributed by atoms with Crippen LogP contribution in [0, 0.1) is 10.1 Å². The van der Waals surface area contributed by atoms with Crippen LogP contribution in [0.1, 0.15) is 17.3 Å². The summed E-state index contributed by atoms with van der Waals surface area (Å²) in [7, 11) is 0. The number of hydrogen-bond donors (Lipinski definition) is 1. The fraction of sp³-hybridized carbons (Fsp3) is 0.0526. The molecule has 1 N–H and O–H groups in total. The number of non-ortho nitro benzene ring substituents is 1. The lowest BCUT2D eigenvalue weighted by Gasteiger charge is -2.29. The Morgan fingerprint density at radius 1 is 1.11 bits per heavy atom. The molecule has 0 amide bonds. The fourth-order valence-corrected chi connectivity index (χ4v) is 3.72. The highest BCUT2D eigenvalue weighted by Gasteiger charge is 2.30. The number of aromatic nitrogens is 3. The van der Waals surface area contributed by atoms with Gasteiger partial charge in [-0.1, -0.05) is 29.8 Å². The van der Waals surface area contributed by atoms with E-state index < -0.39 is 4.92 Å². The molecule has 8 heteroatoms. The lowest BCUT2D eigenvalue weighted by Crippen LogP contribution is -2.23. The van der Waals surface area contributed by atoms with Gasteiger partial charge in [0.15, 0.2) is 11.0 Å². The molecule has 27 heavy (non-hydrogen) atoms. The van der Waals surface area contributed by atoms with Gasteiger partial charge in [0.05, 0.1) is 22.2 Å². The molecule has 5 rings (SSSR count). The van der Waals surface area contributed by atoms with Crippen molar-refractivity contribution in [3.63, 3.8) is 0 Å². The van der Waals surface area contributed by atoms with Crippen molar-refractivity contribution in [2.75, 3.05) is 5.32 Å². The Balaban J connectivity index is 1.76. The normalized spacial score (nSPS) is 15.1. The SMILES string of the molecule is O=[N+]([O-])c1ccc(C2Nc3c(Cl)ncnc3-n3c2cc2ccccc23)cc1. The summed E-state index contributed by atoms with van der Waals surface area (Å²) in [5.41, 5.74) is 3.56. The number of anilines is 1. The average molecular weight is 378 g/mol. The van der Waals surface area contributed by atoms with Crippen molar-refractivity contribution in [1.82, 2.24) is 14.5 Å². The molecule has 7 nitrogen and oxygen atoms in total. The highest BCUT2D eigenvalue weighted by molar-refractivity contribution is 6.32. The number of para-hydroxylation sites is 1. The van der Waals surface area contributed by atoms with Gasteiger partial charge in [0.1, 0.15) is 12.0 Å². The molecule has 3 heterocycles. The molecule has 0 fully saturated rings. The monoisotopic (exact) mass is 377 g/mol. The molecular weight excluding hydrogens is 366 g/mol. The molecule has 0 bridgehead atoms. The first kappa shape index (κ1) is 15.8. The zero-order valence-corrected chi connectivity index (χ0v) is 14.6. The van der Waals surface area contributed by atoms with E-state index in [-0.39, 0.29) is 11.7 Å². The third-order valence-electron chi connectivity index (χ3n) is 4.75. The summed E-state index contributed by atoms with van der Waals surface area (Å²) < 4.78 is 2.06. The maximum atomic E-state index is 11.0. The first-order valence-corrected chi connectivity index (χ1v) is 8.63. The van der Waals surface area contributed by atoms with Crippen molar-refractivity contribution in [3.05, 3.63) is 87.4 Å². The minimum absolute atomic E-state index is 0.0527. The molecule has 0 aliphatic carbocycles. The van der Waals surface area contributed by atoms with Gasteiger partial charge in [-0.25, -0.2) is 9.97 Å². The van der Waals surface area contributed by atoms with Gasteiger partial charge in [-0.15, -0.1) is 0 Å². The van der Waals surface area contributed by atoms with Crippen LogP contribution in [-0.2, 0) is 0 Å². The van der Waals surface area contributed by atoms with Crippen molar-refractivity contribution < 1.29 is 4.92 Å². The number of fused-ring (bicyclic) bond motifs is 5. The molecule has 2 aromatic carbocycles. The second-order valence-electron chi connectivity index (χ2n) is 6.25. The van der Waals surface area contributed by atoms with Crippen LogP contribution in [0.3, 0.4) is 0 Å². The van der Waals surface area contributed by atoms with Crippen LogP contribution in [0.4, 0.5) is 11.4 Å². The number of nitro benzene ring substituents is 1. The molecule has 1 unspecified atom stereocenters. The van der Waals surface area contributed by atoms with Gasteiger partial charge >= 0.3 is 0 Å². The van der Waals surface area contributed by atoms with Crippen LogP contribution in [0.2, 0.25) is 5.15 Å². The predicted molar refractivity (Wildman–Crippen MR) is 102 cm³/mol. The van der Waals surface area contributed by atoms with Crippen LogP contribution in [0.15, 0.2) is 60.9 Å². The Morgan fingerprint density at radius 2 is 1.89 bits per heavy atom. The topological polar surface area (TPSA) is 85.9 Å². The maximum absolute atomic E-state index is 11.0. The van der Waals surface area contributed by atoms with E-state index >= 15 is 0 Å². The Hall–Kier alpha value is -3.45. The van der Waals surface area contributed by atoms with Crippen molar-refractivity contribution in [2.45, 2.75) is 6.04 Å². The molecule has 0 spiro atoms. The minimum Gasteiger partial charge on any atom is -0.367 e. The van der Waals surface area contributed by atoms with Crippen LogP contribution in [-0.4, -0.2) is 19.5 Å². The number of nitrogens with zero attached hydrogens (tertiary/aromatic N) is 4. The van der Waals surface area contributed by atoms with E-state index in [9.17, 15) is 10.1 Å². The molecule has 1 atom stereocenters. The van der Waals surface area contributed by atoms with Gasteiger partial charge in [-0.3, -0.25) is 14.7 Å².